The Morgan fingerprint density at radius 2 is 1.68 bits per heavy atom. The van der Waals surface area contributed by atoms with Gasteiger partial charge in [-0.2, -0.15) is 0 Å². The van der Waals surface area contributed by atoms with Gasteiger partial charge in [0.25, 0.3) is 0 Å². The fourth-order valence-corrected chi connectivity index (χ4v) is 2.23. The molecule has 1 aromatic carbocycles. The molecule has 104 valence electrons. The molecule has 0 heterocycles. The van der Waals surface area contributed by atoms with Crippen LogP contribution in [0.3, 0.4) is 0 Å². The predicted octanol–water partition coefficient (Wildman–Crippen LogP) is 3.75. The lowest BCUT2D eigenvalue weighted by molar-refractivity contribution is -0.166. The average molecular weight is 291 g/mol. The molecule has 0 spiro atoms. The van der Waals surface area contributed by atoms with E-state index in [1.807, 2.05) is 0 Å². The summed E-state index contributed by atoms with van der Waals surface area (Å²) in [6.45, 7) is 0. The van der Waals surface area contributed by atoms with Crippen LogP contribution in [0.15, 0.2) is 24.3 Å². The summed E-state index contributed by atoms with van der Waals surface area (Å²) in [5.74, 6) is -3.70. The normalized spacial score (nSPS) is 20.8. The Morgan fingerprint density at radius 3 is 2.16 bits per heavy atom. The number of ether oxygens (including phenoxy) is 1. The quantitative estimate of drug-likeness (QED) is 0.922. The van der Waals surface area contributed by atoms with Gasteiger partial charge in [0, 0.05) is 30.7 Å². The van der Waals surface area contributed by atoms with Crippen LogP contribution in [0.5, 0.6) is 5.75 Å². The van der Waals surface area contributed by atoms with Crippen molar-refractivity contribution in [2.75, 3.05) is 0 Å². The van der Waals surface area contributed by atoms with Crippen LogP contribution in [-0.2, 0) is 4.79 Å². The van der Waals surface area contributed by atoms with Crippen LogP contribution >= 0.6 is 11.6 Å². The SMILES string of the molecule is O=C(O)C1(Oc2ccc(Cl)cc2)CCC(F)(F)CC1. The predicted molar refractivity (Wildman–Crippen MR) is 65.9 cm³/mol. The van der Waals surface area contributed by atoms with Crippen molar-refractivity contribution < 1.29 is 23.4 Å². The van der Waals surface area contributed by atoms with Crippen LogP contribution < -0.4 is 4.74 Å². The van der Waals surface area contributed by atoms with Crippen molar-refractivity contribution in [3.63, 3.8) is 0 Å². The molecule has 0 unspecified atom stereocenters. The summed E-state index contributed by atoms with van der Waals surface area (Å²) in [7, 11) is 0. The Hall–Kier alpha value is -1.36. The highest BCUT2D eigenvalue weighted by Crippen LogP contribution is 2.41. The van der Waals surface area contributed by atoms with E-state index in [1.54, 1.807) is 12.1 Å². The molecule has 0 saturated heterocycles. The second kappa shape index (κ2) is 4.96. The molecular weight excluding hydrogens is 278 g/mol. The second-order valence-corrected chi connectivity index (χ2v) is 5.15. The van der Waals surface area contributed by atoms with Gasteiger partial charge in [0.05, 0.1) is 0 Å². The molecule has 19 heavy (non-hydrogen) atoms. The molecule has 3 nitrogen and oxygen atoms in total. The van der Waals surface area contributed by atoms with Gasteiger partial charge in [-0.25, -0.2) is 13.6 Å². The van der Waals surface area contributed by atoms with Gasteiger partial charge < -0.3 is 9.84 Å². The monoisotopic (exact) mass is 290 g/mol. The maximum atomic E-state index is 13.1. The van der Waals surface area contributed by atoms with E-state index in [9.17, 15) is 18.7 Å². The van der Waals surface area contributed by atoms with Crippen LogP contribution in [0.2, 0.25) is 5.02 Å². The Labute approximate surface area is 114 Å². The van der Waals surface area contributed by atoms with Crippen LogP contribution in [0.1, 0.15) is 25.7 Å². The number of aliphatic carboxylic acids is 1. The van der Waals surface area contributed by atoms with Gasteiger partial charge in [-0.3, -0.25) is 0 Å². The maximum Gasteiger partial charge on any atom is 0.348 e. The zero-order chi connectivity index (χ0) is 14.1. The Morgan fingerprint density at radius 1 is 1.16 bits per heavy atom. The molecule has 0 radical (unpaired) electrons. The van der Waals surface area contributed by atoms with Crippen LogP contribution in [0, 0.1) is 0 Å². The number of alkyl halides is 2. The molecule has 1 aromatic rings. The molecule has 1 aliphatic carbocycles. The first-order valence-corrected chi connectivity index (χ1v) is 6.27. The molecule has 1 aliphatic rings. The first-order chi connectivity index (χ1) is 8.83. The lowest BCUT2D eigenvalue weighted by Crippen LogP contribution is -2.49. The first kappa shape index (κ1) is 14.1. The third kappa shape index (κ3) is 3.15. The van der Waals surface area contributed by atoms with Crippen molar-refractivity contribution in [2.24, 2.45) is 0 Å². The molecule has 0 atom stereocenters. The number of hydrogen-bond acceptors (Lipinski definition) is 2. The smallest absolute Gasteiger partial charge is 0.348 e. The number of carboxylic acids is 1. The summed E-state index contributed by atoms with van der Waals surface area (Å²) in [4.78, 5) is 11.4. The number of benzene rings is 1. The van der Waals surface area contributed by atoms with E-state index >= 15 is 0 Å². The third-order valence-corrected chi connectivity index (χ3v) is 3.56. The lowest BCUT2D eigenvalue weighted by atomic mass is 9.82. The van der Waals surface area contributed by atoms with Crippen molar-refractivity contribution in [1.29, 1.82) is 0 Å². The second-order valence-electron chi connectivity index (χ2n) is 4.71. The number of rotatable bonds is 3. The summed E-state index contributed by atoms with van der Waals surface area (Å²) < 4.78 is 31.7. The molecule has 0 aromatic heterocycles. The van der Waals surface area contributed by atoms with E-state index in [4.69, 9.17) is 16.3 Å². The average Bonchev–Trinajstić information content (AvgIpc) is 2.35. The Bertz CT molecular complexity index is 463. The van der Waals surface area contributed by atoms with E-state index in [2.05, 4.69) is 0 Å². The van der Waals surface area contributed by atoms with Gasteiger partial charge in [0.15, 0.2) is 0 Å². The van der Waals surface area contributed by atoms with E-state index in [1.165, 1.54) is 12.1 Å². The molecule has 1 fully saturated rings. The summed E-state index contributed by atoms with van der Waals surface area (Å²) in [6, 6.07) is 6.17. The van der Waals surface area contributed by atoms with Crippen molar-refractivity contribution in [3.05, 3.63) is 29.3 Å². The minimum absolute atomic E-state index is 0.210. The number of halogens is 3. The first-order valence-electron chi connectivity index (χ1n) is 5.89. The number of carbonyl (C=O) groups is 1. The molecule has 1 N–H and O–H groups in total. The molecule has 0 bridgehead atoms. The largest absolute Gasteiger partial charge is 0.478 e. The lowest BCUT2D eigenvalue weighted by Gasteiger charge is -2.36. The van der Waals surface area contributed by atoms with Crippen molar-refractivity contribution in [2.45, 2.75) is 37.2 Å². The third-order valence-electron chi connectivity index (χ3n) is 3.31. The van der Waals surface area contributed by atoms with Crippen molar-refractivity contribution in [1.82, 2.24) is 0 Å². The van der Waals surface area contributed by atoms with E-state index < -0.39 is 30.3 Å². The molecule has 0 amide bonds. The fraction of sp³-hybridized carbons (Fsp3) is 0.462. The van der Waals surface area contributed by atoms with Crippen LogP contribution in [0.25, 0.3) is 0 Å². The molecular formula is C13H13ClF2O3. The topological polar surface area (TPSA) is 46.5 Å². The number of hydrogen-bond donors (Lipinski definition) is 1. The maximum absolute atomic E-state index is 13.1. The van der Waals surface area contributed by atoms with Crippen LogP contribution in [0.4, 0.5) is 8.78 Å². The Balaban J connectivity index is 2.17. The van der Waals surface area contributed by atoms with E-state index in [0.29, 0.717) is 10.8 Å². The van der Waals surface area contributed by atoms with E-state index in [-0.39, 0.29) is 12.8 Å². The van der Waals surface area contributed by atoms with Crippen molar-refractivity contribution >= 4 is 17.6 Å². The highest BCUT2D eigenvalue weighted by Gasteiger charge is 2.50. The molecule has 1 saturated carbocycles. The van der Waals surface area contributed by atoms with E-state index in [0.717, 1.165) is 0 Å². The van der Waals surface area contributed by atoms with Gasteiger partial charge in [0.1, 0.15) is 5.75 Å². The van der Waals surface area contributed by atoms with Gasteiger partial charge in [-0.15, -0.1) is 0 Å². The van der Waals surface area contributed by atoms with Gasteiger partial charge in [-0.1, -0.05) is 11.6 Å². The Kier molecular flexibility index (Phi) is 3.67. The van der Waals surface area contributed by atoms with Gasteiger partial charge in [0.2, 0.25) is 11.5 Å². The molecule has 2 rings (SSSR count). The summed E-state index contributed by atoms with van der Waals surface area (Å²) >= 11 is 5.72. The minimum Gasteiger partial charge on any atom is -0.478 e. The minimum atomic E-state index is -2.80. The summed E-state index contributed by atoms with van der Waals surface area (Å²) in [6.07, 6.45) is -1.38. The fourth-order valence-electron chi connectivity index (χ4n) is 2.11. The zero-order valence-corrected chi connectivity index (χ0v) is 10.8. The van der Waals surface area contributed by atoms with Gasteiger partial charge >= 0.3 is 5.97 Å². The molecule has 6 heteroatoms. The highest BCUT2D eigenvalue weighted by atomic mass is 35.5. The van der Waals surface area contributed by atoms with Crippen LogP contribution in [-0.4, -0.2) is 22.6 Å². The standard InChI is InChI=1S/C13H13ClF2O3/c14-9-1-3-10(4-2-9)19-12(11(17)18)5-7-13(15,16)8-6-12/h1-4H,5-8H2,(H,17,18). The highest BCUT2D eigenvalue weighted by molar-refractivity contribution is 6.30. The summed E-state index contributed by atoms with van der Waals surface area (Å²) in [5, 5.41) is 9.77. The summed E-state index contributed by atoms with van der Waals surface area (Å²) in [5.41, 5.74) is -1.57. The van der Waals surface area contributed by atoms with Gasteiger partial charge in [-0.05, 0) is 24.3 Å². The zero-order valence-electron chi connectivity index (χ0n) is 10.0. The molecule has 0 aliphatic heterocycles. The number of carboxylic acid groups (broad SMARTS) is 1. The van der Waals surface area contributed by atoms with Crippen molar-refractivity contribution in [3.8, 4) is 5.75 Å².